The van der Waals surface area contributed by atoms with Gasteiger partial charge in [0.15, 0.2) is 0 Å². The normalized spacial score (nSPS) is 22.3. The number of amides is 1. The summed E-state index contributed by atoms with van der Waals surface area (Å²) in [4.78, 5) is 22.5. The van der Waals surface area contributed by atoms with Crippen molar-refractivity contribution in [2.24, 2.45) is 5.92 Å². The van der Waals surface area contributed by atoms with Crippen LogP contribution in [0.5, 0.6) is 0 Å². The Morgan fingerprint density at radius 3 is 2.85 bits per heavy atom. The van der Waals surface area contributed by atoms with Crippen molar-refractivity contribution in [1.82, 2.24) is 10.6 Å². The number of aryl methyl sites for hydroxylation is 1. The van der Waals surface area contributed by atoms with E-state index in [9.17, 15) is 14.9 Å². The number of nitrogens with zero attached hydrogens (tertiary/aromatic N) is 1. The first-order valence-corrected chi connectivity index (χ1v) is 6.75. The third-order valence-electron chi connectivity index (χ3n) is 3.81. The van der Waals surface area contributed by atoms with Crippen molar-refractivity contribution < 1.29 is 9.72 Å². The molecule has 2 unspecified atom stereocenters. The Hall–Kier alpha value is -1.95. The molecule has 108 valence electrons. The van der Waals surface area contributed by atoms with Crippen molar-refractivity contribution in [3.63, 3.8) is 0 Å². The molecule has 0 radical (unpaired) electrons. The Morgan fingerprint density at radius 1 is 1.50 bits per heavy atom. The molecule has 1 aliphatic rings. The van der Waals surface area contributed by atoms with Crippen molar-refractivity contribution in [1.29, 1.82) is 0 Å². The summed E-state index contributed by atoms with van der Waals surface area (Å²) in [5.74, 6) is 0.261. The number of carbonyl (C=O) groups excluding carboxylic acids is 1. The van der Waals surface area contributed by atoms with Gasteiger partial charge in [0.25, 0.3) is 11.6 Å². The number of non-ortho nitro benzene ring substituents is 1. The van der Waals surface area contributed by atoms with Gasteiger partial charge >= 0.3 is 0 Å². The molecule has 20 heavy (non-hydrogen) atoms. The van der Waals surface area contributed by atoms with Gasteiger partial charge in [-0.15, -0.1) is 0 Å². The van der Waals surface area contributed by atoms with Gasteiger partial charge in [-0.2, -0.15) is 0 Å². The fourth-order valence-corrected chi connectivity index (χ4v) is 2.45. The molecular weight excluding hydrogens is 258 g/mol. The van der Waals surface area contributed by atoms with Crippen molar-refractivity contribution in [3.8, 4) is 0 Å². The van der Waals surface area contributed by atoms with Crippen LogP contribution in [-0.2, 0) is 0 Å². The van der Waals surface area contributed by atoms with Gasteiger partial charge in [0, 0.05) is 30.3 Å². The van der Waals surface area contributed by atoms with Gasteiger partial charge in [0.2, 0.25) is 0 Å². The third kappa shape index (κ3) is 3.14. The highest BCUT2D eigenvalue weighted by atomic mass is 16.6. The van der Waals surface area contributed by atoms with E-state index in [-0.39, 0.29) is 17.6 Å². The zero-order valence-electron chi connectivity index (χ0n) is 11.7. The number of nitro groups is 1. The van der Waals surface area contributed by atoms with Gasteiger partial charge < -0.3 is 10.6 Å². The van der Waals surface area contributed by atoms with Crippen LogP contribution in [0.3, 0.4) is 0 Å². The Bertz CT molecular complexity index is 530. The van der Waals surface area contributed by atoms with Crippen molar-refractivity contribution in [2.45, 2.75) is 26.3 Å². The van der Waals surface area contributed by atoms with Crippen molar-refractivity contribution >= 4 is 11.6 Å². The summed E-state index contributed by atoms with van der Waals surface area (Å²) in [5.41, 5.74) is 1.12. The Kier molecular flexibility index (Phi) is 4.34. The molecule has 0 aromatic heterocycles. The minimum Gasteiger partial charge on any atom is -0.348 e. The quantitative estimate of drug-likeness (QED) is 0.649. The van der Waals surface area contributed by atoms with Crippen LogP contribution in [-0.4, -0.2) is 30.0 Å². The molecule has 1 aromatic rings. The Morgan fingerprint density at radius 2 is 2.25 bits per heavy atom. The lowest BCUT2D eigenvalue weighted by Crippen LogP contribution is -2.50. The monoisotopic (exact) mass is 277 g/mol. The number of hydrogen-bond acceptors (Lipinski definition) is 4. The predicted octanol–water partition coefficient (Wildman–Crippen LogP) is 1.63. The van der Waals surface area contributed by atoms with E-state index < -0.39 is 4.92 Å². The van der Waals surface area contributed by atoms with Crippen LogP contribution in [0.2, 0.25) is 0 Å². The summed E-state index contributed by atoms with van der Waals surface area (Å²) in [6, 6.07) is 4.41. The van der Waals surface area contributed by atoms with E-state index in [1.165, 1.54) is 18.2 Å². The maximum Gasteiger partial charge on any atom is 0.269 e. The van der Waals surface area contributed by atoms with Crippen LogP contribution in [0.1, 0.15) is 29.3 Å². The molecule has 1 aliphatic heterocycles. The van der Waals surface area contributed by atoms with Gasteiger partial charge in [0.05, 0.1) is 4.92 Å². The summed E-state index contributed by atoms with van der Waals surface area (Å²) in [6.07, 6.45) is 1.03. The summed E-state index contributed by atoms with van der Waals surface area (Å²) >= 11 is 0. The second-order valence-electron chi connectivity index (χ2n) is 5.31. The first-order valence-electron chi connectivity index (χ1n) is 6.75. The fourth-order valence-electron chi connectivity index (χ4n) is 2.45. The van der Waals surface area contributed by atoms with Gasteiger partial charge in [-0.3, -0.25) is 14.9 Å². The van der Waals surface area contributed by atoms with Gasteiger partial charge in [0.1, 0.15) is 0 Å². The maximum absolute atomic E-state index is 12.3. The standard InChI is InChI=1S/C14H19N3O3/c1-9-5-6-15-8-13(9)16-14(18)12-4-3-11(17(19)20)7-10(12)2/h3-4,7,9,13,15H,5-6,8H2,1-2H3,(H,16,18). The minimum atomic E-state index is -0.457. The van der Waals surface area contributed by atoms with E-state index in [1.54, 1.807) is 6.92 Å². The van der Waals surface area contributed by atoms with Crippen LogP contribution in [0.15, 0.2) is 18.2 Å². The molecule has 1 heterocycles. The first-order chi connectivity index (χ1) is 9.49. The molecule has 1 saturated heterocycles. The highest BCUT2D eigenvalue weighted by Crippen LogP contribution is 2.18. The van der Waals surface area contributed by atoms with Crippen LogP contribution in [0, 0.1) is 23.0 Å². The van der Waals surface area contributed by atoms with E-state index in [2.05, 4.69) is 17.6 Å². The van der Waals surface area contributed by atoms with E-state index in [4.69, 9.17) is 0 Å². The molecule has 0 spiro atoms. The highest BCUT2D eigenvalue weighted by Gasteiger charge is 2.24. The fraction of sp³-hybridized carbons (Fsp3) is 0.500. The number of benzene rings is 1. The lowest BCUT2D eigenvalue weighted by Gasteiger charge is -2.30. The molecule has 0 saturated carbocycles. The smallest absolute Gasteiger partial charge is 0.269 e. The zero-order chi connectivity index (χ0) is 14.7. The van der Waals surface area contributed by atoms with Gasteiger partial charge in [-0.25, -0.2) is 0 Å². The molecule has 1 amide bonds. The van der Waals surface area contributed by atoms with Crippen LogP contribution in [0.25, 0.3) is 0 Å². The summed E-state index contributed by atoms with van der Waals surface area (Å²) < 4.78 is 0. The van der Waals surface area contributed by atoms with Crippen LogP contribution >= 0.6 is 0 Å². The molecule has 0 bridgehead atoms. The molecular formula is C14H19N3O3. The number of rotatable bonds is 3. The Balaban J connectivity index is 2.11. The topological polar surface area (TPSA) is 84.3 Å². The summed E-state index contributed by atoms with van der Waals surface area (Å²) in [6.45, 7) is 5.57. The molecule has 0 aliphatic carbocycles. The largest absolute Gasteiger partial charge is 0.348 e. The molecule has 6 heteroatoms. The highest BCUT2D eigenvalue weighted by molar-refractivity contribution is 5.96. The van der Waals surface area contributed by atoms with Crippen LogP contribution < -0.4 is 10.6 Å². The summed E-state index contributed by atoms with van der Waals surface area (Å²) in [5, 5.41) is 17.0. The summed E-state index contributed by atoms with van der Waals surface area (Å²) in [7, 11) is 0. The molecule has 6 nitrogen and oxygen atoms in total. The van der Waals surface area contributed by atoms with Crippen molar-refractivity contribution in [2.75, 3.05) is 13.1 Å². The van der Waals surface area contributed by atoms with Gasteiger partial charge in [-0.1, -0.05) is 6.92 Å². The second-order valence-corrected chi connectivity index (χ2v) is 5.31. The van der Waals surface area contributed by atoms with E-state index in [1.807, 2.05) is 0 Å². The second kappa shape index (κ2) is 6.00. The molecule has 1 fully saturated rings. The number of piperidine rings is 1. The van der Waals surface area contributed by atoms with E-state index >= 15 is 0 Å². The predicted molar refractivity (Wildman–Crippen MR) is 75.7 cm³/mol. The lowest BCUT2D eigenvalue weighted by atomic mass is 9.94. The average molecular weight is 277 g/mol. The SMILES string of the molecule is Cc1cc([N+](=O)[O-])ccc1C(=O)NC1CNCCC1C. The van der Waals surface area contributed by atoms with Crippen molar-refractivity contribution in [3.05, 3.63) is 39.4 Å². The average Bonchev–Trinajstić information content (AvgIpc) is 2.41. The minimum absolute atomic E-state index is 0.00625. The number of nitrogens with one attached hydrogen (secondary N) is 2. The molecule has 2 N–H and O–H groups in total. The van der Waals surface area contributed by atoms with Crippen LogP contribution in [0.4, 0.5) is 5.69 Å². The number of nitro benzene ring substituents is 1. The number of carbonyl (C=O) groups is 1. The van der Waals surface area contributed by atoms with Gasteiger partial charge in [-0.05, 0) is 37.4 Å². The lowest BCUT2D eigenvalue weighted by molar-refractivity contribution is -0.384. The van der Waals surface area contributed by atoms with E-state index in [0.29, 0.717) is 17.0 Å². The number of hydrogen-bond donors (Lipinski definition) is 2. The molecule has 2 atom stereocenters. The zero-order valence-corrected chi connectivity index (χ0v) is 11.7. The molecule has 1 aromatic carbocycles. The first kappa shape index (κ1) is 14.5. The molecule has 2 rings (SSSR count). The maximum atomic E-state index is 12.3. The van der Waals surface area contributed by atoms with E-state index in [0.717, 1.165) is 19.5 Å². The Labute approximate surface area is 117 Å². The third-order valence-corrected chi connectivity index (χ3v) is 3.81.